The molecule has 21 heavy (non-hydrogen) atoms. The number of hydrogen-bond donors (Lipinski definition) is 0. The largest absolute Gasteiger partial charge is 0.489 e. The topological polar surface area (TPSA) is 9.23 Å². The molecule has 0 radical (unpaired) electrons. The fraction of sp³-hybridized carbons (Fsp3) is 0.176. The van der Waals surface area contributed by atoms with E-state index in [1.165, 1.54) is 12.1 Å². The second-order valence-corrected chi connectivity index (χ2v) is 4.91. The molecule has 1 nitrogen and oxygen atoms in total. The first-order chi connectivity index (χ1) is 10.1. The molecular weight excluding hydrogens is 294 g/mol. The van der Waals surface area contributed by atoms with E-state index in [-0.39, 0.29) is 12.2 Å². The summed E-state index contributed by atoms with van der Waals surface area (Å²) < 4.78 is 31.1. The van der Waals surface area contributed by atoms with Crippen molar-refractivity contribution < 1.29 is 13.5 Å². The minimum absolute atomic E-state index is 0.0882. The van der Waals surface area contributed by atoms with E-state index in [9.17, 15) is 8.78 Å². The van der Waals surface area contributed by atoms with Crippen LogP contribution in [-0.2, 0) is 0 Å². The van der Waals surface area contributed by atoms with E-state index in [2.05, 4.69) is 6.58 Å². The molecule has 1 unspecified atom stereocenters. The van der Waals surface area contributed by atoms with Gasteiger partial charge in [0.15, 0.2) is 0 Å². The van der Waals surface area contributed by atoms with E-state index in [0.717, 1.165) is 5.56 Å². The standard InChI is InChI=1S/C17H15ClF2O/c1-2-10-21-15-11-13(17(19)20)8-9-14(15)16(18)12-6-4-3-5-7-12/h2-9,11,16-17H,1,10H2. The summed E-state index contributed by atoms with van der Waals surface area (Å²) in [4.78, 5) is 0. The SMILES string of the molecule is C=CCOc1cc(C(F)F)ccc1C(Cl)c1ccccc1. The Bertz CT molecular complexity index is 599. The quantitative estimate of drug-likeness (QED) is 0.504. The van der Waals surface area contributed by atoms with Crippen LogP contribution in [0, 0.1) is 0 Å². The third kappa shape index (κ3) is 3.82. The van der Waals surface area contributed by atoms with E-state index in [1.54, 1.807) is 12.1 Å². The molecule has 0 aliphatic carbocycles. The van der Waals surface area contributed by atoms with Crippen LogP contribution in [-0.4, -0.2) is 6.61 Å². The highest BCUT2D eigenvalue weighted by atomic mass is 35.5. The molecule has 2 aromatic carbocycles. The summed E-state index contributed by atoms with van der Waals surface area (Å²) in [6.07, 6.45) is -0.986. The molecule has 2 aromatic rings. The molecule has 0 heterocycles. The number of alkyl halides is 3. The molecule has 0 saturated carbocycles. The second kappa shape index (κ2) is 7.23. The molecule has 110 valence electrons. The summed E-state index contributed by atoms with van der Waals surface area (Å²) in [5, 5.41) is -0.460. The first-order valence-electron chi connectivity index (χ1n) is 6.48. The predicted octanol–water partition coefficient (Wildman–Crippen LogP) is 5.52. The number of halogens is 3. The lowest BCUT2D eigenvalue weighted by Crippen LogP contribution is -2.02. The van der Waals surface area contributed by atoms with Crippen LogP contribution in [0.25, 0.3) is 0 Å². The van der Waals surface area contributed by atoms with Crippen molar-refractivity contribution >= 4 is 11.6 Å². The summed E-state index contributed by atoms with van der Waals surface area (Å²) >= 11 is 6.45. The molecule has 1 atom stereocenters. The molecule has 0 aliphatic heterocycles. The summed E-state index contributed by atoms with van der Waals surface area (Å²) in [5.41, 5.74) is 1.45. The van der Waals surface area contributed by atoms with Gasteiger partial charge in [-0.2, -0.15) is 0 Å². The van der Waals surface area contributed by atoms with E-state index in [4.69, 9.17) is 16.3 Å². The van der Waals surface area contributed by atoms with Gasteiger partial charge in [0.2, 0.25) is 0 Å². The Morgan fingerprint density at radius 1 is 1.10 bits per heavy atom. The van der Waals surface area contributed by atoms with Crippen molar-refractivity contribution in [1.82, 2.24) is 0 Å². The van der Waals surface area contributed by atoms with Gasteiger partial charge in [-0.25, -0.2) is 8.78 Å². The van der Waals surface area contributed by atoms with E-state index in [0.29, 0.717) is 11.3 Å². The van der Waals surface area contributed by atoms with Crippen molar-refractivity contribution in [3.05, 3.63) is 77.9 Å². The highest BCUT2D eigenvalue weighted by Crippen LogP contribution is 2.37. The van der Waals surface area contributed by atoms with Gasteiger partial charge in [-0.15, -0.1) is 11.6 Å². The summed E-state index contributed by atoms with van der Waals surface area (Å²) in [5.74, 6) is 0.358. The van der Waals surface area contributed by atoms with Crippen molar-refractivity contribution in [2.24, 2.45) is 0 Å². The minimum Gasteiger partial charge on any atom is -0.489 e. The fourth-order valence-corrected chi connectivity index (χ4v) is 2.30. The maximum Gasteiger partial charge on any atom is 0.263 e. The average Bonchev–Trinajstić information content (AvgIpc) is 2.52. The molecular formula is C17H15ClF2O. The number of rotatable bonds is 6. The minimum atomic E-state index is -2.55. The number of ether oxygens (including phenoxy) is 1. The second-order valence-electron chi connectivity index (χ2n) is 4.47. The third-order valence-corrected chi connectivity index (χ3v) is 3.50. The Hall–Kier alpha value is -1.87. The molecule has 0 aliphatic rings. The lowest BCUT2D eigenvalue weighted by Gasteiger charge is -2.16. The van der Waals surface area contributed by atoms with Crippen molar-refractivity contribution in [2.75, 3.05) is 6.61 Å². The monoisotopic (exact) mass is 308 g/mol. The molecule has 0 bridgehead atoms. The Balaban J connectivity index is 2.39. The van der Waals surface area contributed by atoms with Crippen molar-refractivity contribution in [3.63, 3.8) is 0 Å². The molecule has 0 spiro atoms. The summed E-state index contributed by atoms with van der Waals surface area (Å²) in [6.45, 7) is 3.79. The average molecular weight is 309 g/mol. The molecule has 0 fully saturated rings. The van der Waals surface area contributed by atoms with E-state index < -0.39 is 11.8 Å². The highest BCUT2D eigenvalue weighted by Gasteiger charge is 2.18. The molecule has 2 rings (SSSR count). The van der Waals surface area contributed by atoms with Crippen LogP contribution >= 0.6 is 11.6 Å². The van der Waals surface area contributed by atoms with Gasteiger partial charge in [-0.3, -0.25) is 0 Å². The zero-order valence-corrected chi connectivity index (χ0v) is 12.1. The van der Waals surface area contributed by atoms with Gasteiger partial charge in [-0.05, 0) is 11.6 Å². The smallest absolute Gasteiger partial charge is 0.263 e. The predicted molar refractivity (Wildman–Crippen MR) is 81.2 cm³/mol. The zero-order valence-electron chi connectivity index (χ0n) is 11.3. The lowest BCUT2D eigenvalue weighted by atomic mass is 10.0. The normalized spacial score (nSPS) is 12.2. The van der Waals surface area contributed by atoms with E-state index >= 15 is 0 Å². The Morgan fingerprint density at radius 2 is 1.81 bits per heavy atom. The summed E-state index contributed by atoms with van der Waals surface area (Å²) in [6, 6.07) is 13.7. The van der Waals surface area contributed by atoms with Gasteiger partial charge >= 0.3 is 0 Å². The first-order valence-corrected chi connectivity index (χ1v) is 6.92. The highest BCUT2D eigenvalue weighted by molar-refractivity contribution is 6.22. The van der Waals surface area contributed by atoms with Gasteiger partial charge < -0.3 is 4.74 Å². The van der Waals surface area contributed by atoms with Gasteiger partial charge in [-0.1, -0.05) is 55.1 Å². The number of hydrogen-bond acceptors (Lipinski definition) is 1. The van der Waals surface area contributed by atoms with Gasteiger partial charge in [0, 0.05) is 11.1 Å². The third-order valence-electron chi connectivity index (χ3n) is 3.01. The first kappa shape index (κ1) is 15.5. The van der Waals surface area contributed by atoms with Gasteiger partial charge in [0.05, 0.1) is 5.38 Å². The van der Waals surface area contributed by atoms with Crippen molar-refractivity contribution in [1.29, 1.82) is 0 Å². The molecule has 0 N–H and O–H groups in total. The molecule has 4 heteroatoms. The Labute approximate surface area is 127 Å². The van der Waals surface area contributed by atoms with Crippen LogP contribution < -0.4 is 4.74 Å². The summed E-state index contributed by atoms with van der Waals surface area (Å²) in [7, 11) is 0. The lowest BCUT2D eigenvalue weighted by molar-refractivity contribution is 0.151. The molecule has 0 aromatic heterocycles. The van der Waals surface area contributed by atoms with Crippen molar-refractivity contribution in [2.45, 2.75) is 11.8 Å². The van der Waals surface area contributed by atoms with Crippen LogP contribution in [0.5, 0.6) is 5.75 Å². The zero-order chi connectivity index (χ0) is 15.2. The molecule has 0 saturated heterocycles. The van der Waals surface area contributed by atoms with Crippen molar-refractivity contribution in [3.8, 4) is 5.75 Å². The van der Waals surface area contributed by atoms with Crippen LogP contribution in [0.1, 0.15) is 28.5 Å². The molecule has 0 amide bonds. The van der Waals surface area contributed by atoms with E-state index in [1.807, 2.05) is 30.3 Å². The maximum atomic E-state index is 12.8. The van der Waals surface area contributed by atoms with Gasteiger partial charge in [0.1, 0.15) is 12.4 Å². The fourth-order valence-electron chi connectivity index (χ4n) is 1.97. The van der Waals surface area contributed by atoms with Crippen LogP contribution in [0.15, 0.2) is 61.2 Å². The maximum absolute atomic E-state index is 12.8. The van der Waals surface area contributed by atoms with Crippen LogP contribution in [0.4, 0.5) is 8.78 Å². The van der Waals surface area contributed by atoms with Crippen LogP contribution in [0.3, 0.4) is 0 Å². The Kier molecular flexibility index (Phi) is 5.34. The van der Waals surface area contributed by atoms with Crippen LogP contribution in [0.2, 0.25) is 0 Å². The Morgan fingerprint density at radius 3 is 2.43 bits per heavy atom. The number of benzene rings is 2. The van der Waals surface area contributed by atoms with Gasteiger partial charge in [0.25, 0.3) is 6.43 Å².